The van der Waals surface area contributed by atoms with Crippen LogP contribution in [0.2, 0.25) is 18.1 Å². The number of Topliss-reactive ketones (excluding diaryl/α,β-unsaturated/α-hetero) is 1. The molecule has 0 radical (unpaired) electrons. The smallest absolute Gasteiger partial charge is 0.338 e. The summed E-state index contributed by atoms with van der Waals surface area (Å²) in [4.78, 5) is 42.8. The van der Waals surface area contributed by atoms with Crippen molar-refractivity contribution >= 4 is 26.0 Å². The van der Waals surface area contributed by atoms with Crippen LogP contribution >= 0.6 is 0 Å². The van der Waals surface area contributed by atoms with Crippen molar-refractivity contribution < 1.29 is 52.1 Å². The van der Waals surface area contributed by atoms with Gasteiger partial charge in [0.2, 0.25) is 0 Å². The number of methoxy groups -OCH3 is 1. The standard InChI is InChI=1S/C36H52O10Si/c1-10-47(11-2,12-3)46-25-18-26-35(20-43-26,45-22(5)37)29-31(44-32(40)23-16-14-13-15-17-23)36(41)19-24(38)21(4)27(33(36,6)7)28(42-9)30(39)34(25,29)8/h13-17,24-26,28-29,31,38,41H,10-12,18-20H2,1-9H3/t24-,25-,26+,28+,29-,31-,34+,35-,36+/m0/s1/i9D3. The van der Waals surface area contributed by atoms with E-state index < -0.39 is 91.5 Å². The second-order valence-electron chi connectivity index (χ2n) is 14.6. The second kappa shape index (κ2) is 12.5. The van der Waals surface area contributed by atoms with Crippen LogP contribution in [0.5, 0.6) is 0 Å². The number of benzene rings is 1. The van der Waals surface area contributed by atoms with Crippen molar-refractivity contribution in [2.45, 2.75) is 128 Å². The molecule has 0 amide bonds. The van der Waals surface area contributed by atoms with Crippen molar-refractivity contribution in [1.29, 1.82) is 0 Å². The van der Waals surface area contributed by atoms with Crippen molar-refractivity contribution in [3.8, 4) is 0 Å². The first kappa shape index (κ1) is 31.8. The summed E-state index contributed by atoms with van der Waals surface area (Å²) in [5.74, 6) is -3.49. The third-order valence-electron chi connectivity index (χ3n) is 12.3. The molecule has 1 aromatic rings. The minimum absolute atomic E-state index is 0.0950. The average molecular weight is 676 g/mol. The van der Waals surface area contributed by atoms with Crippen molar-refractivity contribution in [2.24, 2.45) is 16.7 Å². The van der Waals surface area contributed by atoms with E-state index in [1.807, 2.05) is 20.8 Å². The highest BCUT2D eigenvalue weighted by molar-refractivity contribution is 6.73. The number of ether oxygens (including phenoxy) is 4. The third kappa shape index (κ3) is 5.18. The normalized spacial score (nSPS) is 39.1. The summed E-state index contributed by atoms with van der Waals surface area (Å²) < 4.78 is 56.1. The van der Waals surface area contributed by atoms with Gasteiger partial charge in [0.05, 0.1) is 39.8 Å². The minimum Gasteiger partial charge on any atom is -0.455 e. The lowest BCUT2D eigenvalue weighted by Crippen LogP contribution is -2.82. The summed E-state index contributed by atoms with van der Waals surface area (Å²) in [6.07, 6.45) is -6.69. The molecule has 47 heavy (non-hydrogen) atoms. The molecule has 5 rings (SSSR count). The molecule has 4 aliphatic rings. The van der Waals surface area contributed by atoms with Gasteiger partial charge < -0.3 is 33.6 Å². The van der Waals surface area contributed by atoms with E-state index in [-0.39, 0.29) is 36.2 Å². The summed E-state index contributed by atoms with van der Waals surface area (Å²) in [5.41, 5.74) is -6.49. The molecule has 1 aliphatic heterocycles. The Labute approximate surface area is 283 Å². The lowest BCUT2D eigenvalue weighted by atomic mass is 9.44. The highest BCUT2D eigenvalue weighted by atomic mass is 28.4. The van der Waals surface area contributed by atoms with Crippen LogP contribution in [0.3, 0.4) is 0 Å². The molecule has 0 spiro atoms. The van der Waals surface area contributed by atoms with Crippen LogP contribution < -0.4 is 0 Å². The summed E-state index contributed by atoms with van der Waals surface area (Å²) in [7, 11) is -5.60. The molecule has 260 valence electrons. The summed E-state index contributed by atoms with van der Waals surface area (Å²) in [6, 6.07) is 10.4. The van der Waals surface area contributed by atoms with Gasteiger partial charge in [-0.3, -0.25) is 9.59 Å². The largest absolute Gasteiger partial charge is 0.455 e. The minimum atomic E-state index is -3.07. The van der Waals surface area contributed by atoms with E-state index in [1.54, 1.807) is 58.0 Å². The van der Waals surface area contributed by atoms with Crippen molar-refractivity contribution in [3.05, 3.63) is 47.0 Å². The Balaban J connectivity index is 1.89. The first-order chi connectivity index (χ1) is 23.2. The van der Waals surface area contributed by atoms with Crippen LogP contribution in [0.1, 0.15) is 82.7 Å². The molecule has 1 saturated heterocycles. The maximum absolute atomic E-state index is 15.7. The number of rotatable bonds is 9. The molecule has 3 fully saturated rings. The van der Waals surface area contributed by atoms with Crippen LogP contribution in [0.25, 0.3) is 0 Å². The number of carbonyl (C=O) groups is 3. The number of fused-ring (bicyclic) bond motifs is 5. The molecule has 2 bridgehead atoms. The van der Waals surface area contributed by atoms with E-state index in [4.69, 9.17) is 27.5 Å². The van der Waals surface area contributed by atoms with E-state index in [0.717, 1.165) is 18.1 Å². The molecular weight excluding hydrogens is 620 g/mol. The zero-order valence-corrected chi connectivity index (χ0v) is 29.8. The molecular formula is C36H52O10Si. The molecule has 2 N–H and O–H groups in total. The first-order valence-electron chi connectivity index (χ1n) is 18.3. The Morgan fingerprint density at radius 3 is 2.28 bits per heavy atom. The molecule has 3 aliphatic carbocycles. The second-order valence-corrected chi connectivity index (χ2v) is 19.3. The summed E-state index contributed by atoms with van der Waals surface area (Å²) in [5, 5.41) is 24.9. The molecule has 0 unspecified atom stereocenters. The average Bonchev–Trinajstić information content (AvgIpc) is 3.04. The van der Waals surface area contributed by atoms with Gasteiger partial charge in [0.1, 0.15) is 23.9 Å². The van der Waals surface area contributed by atoms with Crippen LogP contribution in [-0.4, -0.2) is 91.6 Å². The summed E-state index contributed by atoms with van der Waals surface area (Å²) in [6.45, 7) is 13.7. The SMILES string of the molecule is [2H]C([2H])([2H])O[C@H]1C(=O)[C@]2(C)[C@@H](O[Si](CC)(CC)CC)C[C@H]3OC[C@@]3(OC(C)=O)[C@H]2[C@H](OC(=O)c2ccccc2)[C@]2(O)C[C@H](O)C(C)=C1C2(C)C. The number of aliphatic hydroxyl groups is 2. The zero-order valence-electron chi connectivity index (χ0n) is 31.8. The Kier molecular flexibility index (Phi) is 8.45. The van der Waals surface area contributed by atoms with Gasteiger partial charge in [0.25, 0.3) is 0 Å². The van der Waals surface area contributed by atoms with Crippen molar-refractivity contribution in [3.63, 3.8) is 0 Å². The maximum atomic E-state index is 15.7. The van der Waals surface area contributed by atoms with E-state index >= 15 is 4.79 Å². The van der Waals surface area contributed by atoms with Gasteiger partial charge >= 0.3 is 11.9 Å². The highest BCUT2D eigenvalue weighted by Gasteiger charge is 2.78. The van der Waals surface area contributed by atoms with Gasteiger partial charge in [0.15, 0.2) is 19.7 Å². The van der Waals surface area contributed by atoms with Gasteiger partial charge in [0, 0.05) is 32.2 Å². The highest BCUT2D eigenvalue weighted by Crippen LogP contribution is 2.65. The number of aliphatic hydroxyl groups excluding tert-OH is 1. The fourth-order valence-electron chi connectivity index (χ4n) is 9.19. The molecule has 2 saturated carbocycles. The van der Waals surface area contributed by atoms with E-state index in [2.05, 4.69) is 0 Å². The van der Waals surface area contributed by atoms with Gasteiger partial charge in [-0.1, -0.05) is 52.8 Å². The Bertz CT molecular complexity index is 1520. The predicted octanol–water partition coefficient (Wildman–Crippen LogP) is 4.77. The zero-order chi connectivity index (χ0) is 37.2. The molecule has 10 nitrogen and oxygen atoms in total. The van der Waals surface area contributed by atoms with Gasteiger partial charge in [-0.25, -0.2) is 4.79 Å². The van der Waals surface area contributed by atoms with Crippen LogP contribution in [0.4, 0.5) is 0 Å². The van der Waals surface area contributed by atoms with Crippen molar-refractivity contribution in [2.75, 3.05) is 13.6 Å². The van der Waals surface area contributed by atoms with Crippen LogP contribution in [-0.2, 0) is 33.0 Å². The predicted molar refractivity (Wildman–Crippen MR) is 176 cm³/mol. The fraction of sp³-hybridized carbons (Fsp3) is 0.694. The molecule has 1 aromatic carbocycles. The van der Waals surface area contributed by atoms with Gasteiger partial charge in [-0.2, -0.15) is 0 Å². The molecule has 11 heteroatoms. The van der Waals surface area contributed by atoms with E-state index in [1.165, 1.54) is 6.92 Å². The van der Waals surface area contributed by atoms with Crippen molar-refractivity contribution in [1.82, 2.24) is 0 Å². The topological polar surface area (TPSA) is 138 Å². The monoisotopic (exact) mass is 675 g/mol. The summed E-state index contributed by atoms with van der Waals surface area (Å²) >= 11 is 0. The maximum Gasteiger partial charge on any atom is 0.338 e. The number of carbonyl (C=O) groups excluding carboxylic acids is 3. The molecule has 1 heterocycles. The van der Waals surface area contributed by atoms with Gasteiger partial charge in [-0.05, 0) is 55.3 Å². The Morgan fingerprint density at radius 2 is 1.74 bits per heavy atom. The lowest BCUT2D eigenvalue weighted by molar-refractivity contribution is -0.344. The lowest BCUT2D eigenvalue weighted by Gasteiger charge is -2.68. The number of hydrogen-bond donors (Lipinski definition) is 2. The number of ketones is 1. The third-order valence-corrected chi connectivity index (χ3v) is 17.0. The van der Waals surface area contributed by atoms with Gasteiger partial charge in [-0.15, -0.1) is 0 Å². The molecule has 9 atom stereocenters. The molecule has 0 aromatic heterocycles. The first-order valence-corrected chi connectivity index (χ1v) is 19.3. The van der Waals surface area contributed by atoms with Crippen LogP contribution in [0, 0.1) is 16.7 Å². The van der Waals surface area contributed by atoms with E-state index in [9.17, 15) is 19.8 Å². The number of esters is 2. The fourth-order valence-corrected chi connectivity index (χ4v) is 12.1. The Morgan fingerprint density at radius 1 is 1.11 bits per heavy atom. The number of hydrogen-bond acceptors (Lipinski definition) is 10. The van der Waals surface area contributed by atoms with Crippen LogP contribution in [0.15, 0.2) is 41.5 Å². The Hall–Kier alpha value is -2.41. The quantitative estimate of drug-likeness (QED) is 0.214. The van der Waals surface area contributed by atoms with E-state index in [0.29, 0.717) is 0 Å².